The second-order valence-electron chi connectivity index (χ2n) is 6.26. The van der Waals surface area contributed by atoms with Crippen LogP contribution < -0.4 is 15.4 Å². The summed E-state index contributed by atoms with van der Waals surface area (Å²) < 4.78 is 24.7. The zero-order valence-corrected chi connectivity index (χ0v) is 15.8. The number of aliphatic imine (C=N–C) groups is 1. The first-order chi connectivity index (χ1) is 13.1. The molecule has 0 saturated carbocycles. The number of furan rings is 1. The first-order valence-corrected chi connectivity index (χ1v) is 8.88. The number of methoxy groups -OCH3 is 1. The average Bonchev–Trinajstić information content (AvgIpc) is 3.09. The van der Waals surface area contributed by atoms with Crippen LogP contribution >= 0.6 is 0 Å². The number of halogens is 1. The molecule has 5 nitrogen and oxygen atoms in total. The van der Waals surface area contributed by atoms with Crippen LogP contribution in [0.5, 0.6) is 5.75 Å². The summed E-state index contributed by atoms with van der Waals surface area (Å²) in [6.07, 6.45) is 0.737. The van der Waals surface area contributed by atoms with Crippen LogP contribution in [0.3, 0.4) is 0 Å². The molecule has 1 aromatic heterocycles. The number of guanidine groups is 1. The van der Waals surface area contributed by atoms with Crippen LogP contribution in [0.25, 0.3) is 11.0 Å². The molecule has 0 bridgehead atoms. The standard InChI is InChI=1S/C21H24FN3O2/c1-14(15-8-9-20(26-3)18(22)13-15)25-21(23-2)24-11-10-17-12-16-6-4-5-7-19(16)27-17/h4-9,12-14H,10-11H2,1-3H3,(H2,23,24,25). The van der Waals surface area contributed by atoms with Crippen LogP contribution in [0.1, 0.15) is 24.3 Å². The third-order valence-corrected chi connectivity index (χ3v) is 4.39. The fourth-order valence-electron chi connectivity index (χ4n) is 2.90. The zero-order chi connectivity index (χ0) is 19.2. The van der Waals surface area contributed by atoms with Crippen molar-refractivity contribution in [2.24, 2.45) is 4.99 Å². The van der Waals surface area contributed by atoms with Gasteiger partial charge >= 0.3 is 0 Å². The number of rotatable bonds is 6. The Morgan fingerprint density at radius 1 is 1.22 bits per heavy atom. The number of benzene rings is 2. The van der Waals surface area contributed by atoms with Crippen molar-refractivity contribution in [1.82, 2.24) is 10.6 Å². The summed E-state index contributed by atoms with van der Waals surface area (Å²) in [6.45, 7) is 2.62. The molecule has 3 aromatic rings. The Hall–Kier alpha value is -3.02. The van der Waals surface area contributed by atoms with Gasteiger partial charge in [-0.05, 0) is 36.8 Å². The van der Waals surface area contributed by atoms with E-state index >= 15 is 0 Å². The second kappa shape index (κ2) is 8.58. The molecule has 1 atom stereocenters. The third-order valence-electron chi connectivity index (χ3n) is 4.39. The monoisotopic (exact) mass is 369 g/mol. The molecule has 1 unspecified atom stereocenters. The van der Waals surface area contributed by atoms with E-state index in [0.717, 1.165) is 28.7 Å². The molecule has 2 N–H and O–H groups in total. The van der Waals surface area contributed by atoms with Crippen LogP contribution in [0, 0.1) is 5.82 Å². The minimum absolute atomic E-state index is 0.109. The predicted molar refractivity (Wildman–Crippen MR) is 106 cm³/mol. The van der Waals surface area contributed by atoms with Gasteiger partial charge in [-0.15, -0.1) is 0 Å². The Labute approximate surface area is 158 Å². The van der Waals surface area contributed by atoms with Gasteiger partial charge in [0, 0.05) is 25.4 Å². The quantitative estimate of drug-likeness (QED) is 0.508. The lowest BCUT2D eigenvalue weighted by Crippen LogP contribution is -2.39. The molecule has 27 heavy (non-hydrogen) atoms. The Bertz CT molecular complexity index is 903. The second-order valence-corrected chi connectivity index (χ2v) is 6.26. The molecule has 0 radical (unpaired) electrons. The first kappa shape index (κ1) is 18.8. The predicted octanol–water partition coefficient (Wildman–Crippen LogP) is 4.05. The Kier molecular flexibility index (Phi) is 5.96. The molecule has 6 heteroatoms. The zero-order valence-electron chi connectivity index (χ0n) is 15.8. The van der Waals surface area contributed by atoms with Crippen molar-refractivity contribution in [2.75, 3.05) is 20.7 Å². The van der Waals surface area contributed by atoms with E-state index in [1.54, 1.807) is 13.1 Å². The topological polar surface area (TPSA) is 58.8 Å². The van der Waals surface area contributed by atoms with Gasteiger partial charge in [0.1, 0.15) is 11.3 Å². The van der Waals surface area contributed by atoms with Gasteiger partial charge in [-0.3, -0.25) is 4.99 Å². The van der Waals surface area contributed by atoms with Gasteiger partial charge in [0.15, 0.2) is 17.5 Å². The van der Waals surface area contributed by atoms with Crippen molar-refractivity contribution < 1.29 is 13.5 Å². The number of nitrogens with zero attached hydrogens (tertiary/aromatic N) is 1. The highest BCUT2D eigenvalue weighted by Crippen LogP contribution is 2.22. The number of nitrogens with one attached hydrogen (secondary N) is 2. The summed E-state index contributed by atoms with van der Waals surface area (Å²) in [4.78, 5) is 4.23. The summed E-state index contributed by atoms with van der Waals surface area (Å²) in [5.74, 6) is 1.43. The summed E-state index contributed by atoms with van der Waals surface area (Å²) in [7, 11) is 3.16. The van der Waals surface area contributed by atoms with Gasteiger partial charge < -0.3 is 19.8 Å². The summed E-state index contributed by atoms with van der Waals surface area (Å²) in [6, 6.07) is 14.8. The fraction of sp³-hybridized carbons (Fsp3) is 0.286. The Balaban J connectivity index is 1.55. The van der Waals surface area contributed by atoms with Crippen LogP contribution in [0.2, 0.25) is 0 Å². The van der Waals surface area contributed by atoms with Gasteiger partial charge in [0.2, 0.25) is 0 Å². The molecule has 0 aliphatic carbocycles. The maximum absolute atomic E-state index is 13.9. The maximum atomic E-state index is 13.9. The normalized spacial score (nSPS) is 12.8. The summed E-state index contributed by atoms with van der Waals surface area (Å²) in [5.41, 5.74) is 1.71. The number of para-hydroxylation sites is 1. The van der Waals surface area contributed by atoms with Crippen molar-refractivity contribution in [1.29, 1.82) is 0 Å². The largest absolute Gasteiger partial charge is 0.494 e. The number of hydrogen-bond acceptors (Lipinski definition) is 3. The molecule has 0 spiro atoms. The van der Waals surface area contributed by atoms with Crippen molar-refractivity contribution in [3.8, 4) is 5.75 Å². The Morgan fingerprint density at radius 3 is 2.74 bits per heavy atom. The molecule has 142 valence electrons. The van der Waals surface area contributed by atoms with Crippen LogP contribution in [-0.4, -0.2) is 26.7 Å². The van der Waals surface area contributed by atoms with Crippen LogP contribution in [0.4, 0.5) is 4.39 Å². The van der Waals surface area contributed by atoms with E-state index in [0.29, 0.717) is 12.5 Å². The molecular formula is C21H24FN3O2. The molecule has 3 rings (SSSR count). The van der Waals surface area contributed by atoms with E-state index in [4.69, 9.17) is 9.15 Å². The summed E-state index contributed by atoms with van der Waals surface area (Å²) >= 11 is 0. The highest BCUT2D eigenvalue weighted by atomic mass is 19.1. The van der Waals surface area contributed by atoms with E-state index < -0.39 is 0 Å². The van der Waals surface area contributed by atoms with E-state index in [1.807, 2.05) is 37.3 Å². The highest BCUT2D eigenvalue weighted by Gasteiger charge is 2.11. The molecule has 0 fully saturated rings. The average molecular weight is 369 g/mol. The molecule has 1 heterocycles. The number of fused-ring (bicyclic) bond motifs is 1. The molecular weight excluding hydrogens is 345 g/mol. The molecule has 2 aromatic carbocycles. The lowest BCUT2D eigenvalue weighted by Gasteiger charge is -2.18. The van der Waals surface area contributed by atoms with Gasteiger partial charge in [0.25, 0.3) is 0 Å². The minimum Gasteiger partial charge on any atom is -0.494 e. The lowest BCUT2D eigenvalue weighted by molar-refractivity contribution is 0.386. The molecule has 0 saturated heterocycles. The fourth-order valence-corrected chi connectivity index (χ4v) is 2.90. The van der Waals surface area contributed by atoms with Gasteiger partial charge in [-0.1, -0.05) is 24.3 Å². The van der Waals surface area contributed by atoms with E-state index in [2.05, 4.69) is 21.7 Å². The van der Waals surface area contributed by atoms with Gasteiger partial charge in [0.05, 0.1) is 13.2 Å². The van der Waals surface area contributed by atoms with Crippen molar-refractivity contribution >= 4 is 16.9 Å². The molecule has 0 amide bonds. The summed E-state index contributed by atoms with van der Waals surface area (Å²) in [5, 5.41) is 7.62. The first-order valence-electron chi connectivity index (χ1n) is 8.88. The van der Waals surface area contributed by atoms with Crippen LogP contribution in [-0.2, 0) is 6.42 Å². The van der Waals surface area contributed by atoms with Crippen molar-refractivity contribution in [3.63, 3.8) is 0 Å². The van der Waals surface area contributed by atoms with E-state index in [-0.39, 0.29) is 17.6 Å². The van der Waals surface area contributed by atoms with E-state index in [9.17, 15) is 4.39 Å². The third kappa shape index (κ3) is 4.58. The minimum atomic E-state index is -0.378. The van der Waals surface area contributed by atoms with E-state index in [1.165, 1.54) is 13.2 Å². The molecule has 0 aliphatic rings. The van der Waals surface area contributed by atoms with Gasteiger partial charge in [-0.25, -0.2) is 4.39 Å². The van der Waals surface area contributed by atoms with Gasteiger partial charge in [-0.2, -0.15) is 0 Å². The SMILES string of the molecule is CN=C(NCCc1cc2ccccc2o1)NC(C)c1ccc(OC)c(F)c1. The van der Waals surface area contributed by atoms with Crippen molar-refractivity contribution in [2.45, 2.75) is 19.4 Å². The smallest absolute Gasteiger partial charge is 0.191 e. The van der Waals surface area contributed by atoms with Crippen molar-refractivity contribution in [3.05, 3.63) is 65.7 Å². The Morgan fingerprint density at radius 2 is 2.04 bits per heavy atom. The molecule has 0 aliphatic heterocycles. The number of ether oxygens (including phenoxy) is 1. The van der Waals surface area contributed by atoms with Crippen LogP contribution in [0.15, 0.2) is 57.9 Å². The lowest BCUT2D eigenvalue weighted by atomic mass is 10.1. The highest BCUT2D eigenvalue weighted by molar-refractivity contribution is 5.80. The number of hydrogen-bond donors (Lipinski definition) is 2. The maximum Gasteiger partial charge on any atom is 0.191 e.